The summed E-state index contributed by atoms with van der Waals surface area (Å²) >= 11 is 3.41. The zero-order valence-corrected chi connectivity index (χ0v) is 10.3. The Balaban J connectivity index is 2.61. The van der Waals surface area contributed by atoms with Crippen molar-refractivity contribution in [3.8, 4) is 5.69 Å². The zero-order chi connectivity index (χ0) is 11.7. The van der Waals surface area contributed by atoms with E-state index in [9.17, 15) is 4.79 Å². The van der Waals surface area contributed by atoms with Gasteiger partial charge in [0.05, 0.1) is 5.69 Å². The number of hydrogen-bond acceptors (Lipinski definition) is 2. The highest BCUT2D eigenvalue weighted by Crippen LogP contribution is 2.20. The van der Waals surface area contributed by atoms with E-state index in [1.165, 1.54) is 15.6 Å². The van der Waals surface area contributed by atoms with Crippen LogP contribution in [-0.4, -0.2) is 14.3 Å². The van der Waals surface area contributed by atoms with Crippen molar-refractivity contribution in [2.45, 2.75) is 0 Å². The van der Waals surface area contributed by atoms with Crippen molar-refractivity contribution in [2.75, 3.05) is 0 Å². The van der Waals surface area contributed by atoms with Crippen LogP contribution < -0.4 is 5.69 Å². The van der Waals surface area contributed by atoms with Crippen LogP contribution in [0.25, 0.3) is 11.8 Å². The van der Waals surface area contributed by atoms with Crippen molar-refractivity contribution in [1.29, 1.82) is 0 Å². The van der Waals surface area contributed by atoms with Crippen molar-refractivity contribution in [1.82, 2.24) is 14.3 Å². The van der Waals surface area contributed by atoms with Gasteiger partial charge in [-0.1, -0.05) is 28.6 Å². The van der Waals surface area contributed by atoms with E-state index in [-0.39, 0.29) is 5.69 Å². The Labute approximate surface area is 101 Å². The van der Waals surface area contributed by atoms with E-state index in [2.05, 4.69) is 27.6 Å². The van der Waals surface area contributed by atoms with Crippen LogP contribution in [-0.2, 0) is 7.05 Å². The average molecular weight is 280 g/mol. The maximum Gasteiger partial charge on any atom is 0.350 e. The molecule has 0 unspecified atom stereocenters. The summed E-state index contributed by atoms with van der Waals surface area (Å²) in [7, 11) is 1.62. The molecule has 1 aromatic heterocycles. The zero-order valence-electron chi connectivity index (χ0n) is 8.72. The lowest BCUT2D eigenvalue weighted by Gasteiger charge is -2.03. The second-order valence-corrected chi connectivity index (χ2v) is 4.17. The summed E-state index contributed by atoms with van der Waals surface area (Å²) in [6.45, 7) is 3.72. The Bertz CT molecular complexity index is 598. The minimum atomic E-state index is -0.169. The number of rotatable bonds is 2. The lowest BCUT2D eigenvalue weighted by molar-refractivity contribution is 0.726. The van der Waals surface area contributed by atoms with Crippen LogP contribution in [0, 0.1) is 0 Å². The maximum absolute atomic E-state index is 11.7. The first-order valence-electron chi connectivity index (χ1n) is 4.66. The average Bonchev–Trinajstić information content (AvgIpc) is 2.61. The van der Waals surface area contributed by atoms with E-state index < -0.39 is 0 Å². The molecule has 82 valence electrons. The van der Waals surface area contributed by atoms with Gasteiger partial charge >= 0.3 is 5.69 Å². The summed E-state index contributed by atoms with van der Waals surface area (Å²) in [4.78, 5) is 11.7. The monoisotopic (exact) mass is 279 g/mol. The van der Waals surface area contributed by atoms with Gasteiger partial charge in [-0.15, -0.1) is 0 Å². The highest BCUT2D eigenvalue weighted by atomic mass is 79.9. The van der Waals surface area contributed by atoms with Crippen LogP contribution in [0.1, 0.15) is 5.56 Å². The van der Waals surface area contributed by atoms with Crippen LogP contribution in [0.2, 0.25) is 0 Å². The molecule has 0 bridgehead atoms. The molecule has 2 aromatic rings. The summed E-state index contributed by atoms with van der Waals surface area (Å²) in [5, 5.41) is 3.90. The smallest absolute Gasteiger partial charge is 0.250 e. The third kappa shape index (κ3) is 1.74. The van der Waals surface area contributed by atoms with E-state index in [0.29, 0.717) is 0 Å². The highest BCUT2D eigenvalue weighted by molar-refractivity contribution is 9.10. The number of aromatic nitrogens is 3. The van der Waals surface area contributed by atoms with Gasteiger partial charge in [0.1, 0.15) is 6.33 Å². The third-order valence-electron chi connectivity index (χ3n) is 2.30. The van der Waals surface area contributed by atoms with Crippen LogP contribution in [0.15, 0.2) is 40.4 Å². The van der Waals surface area contributed by atoms with Gasteiger partial charge < -0.3 is 0 Å². The molecule has 1 heterocycles. The molecule has 0 aliphatic heterocycles. The molecule has 0 radical (unpaired) electrons. The van der Waals surface area contributed by atoms with Gasteiger partial charge in [0.25, 0.3) is 0 Å². The topological polar surface area (TPSA) is 39.8 Å². The molecule has 0 fully saturated rings. The molecule has 16 heavy (non-hydrogen) atoms. The molecule has 4 nitrogen and oxygen atoms in total. The fourth-order valence-electron chi connectivity index (χ4n) is 1.40. The summed E-state index contributed by atoms with van der Waals surface area (Å²) in [5.41, 5.74) is 1.54. The van der Waals surface area contributed by atoms with Gasteiger partial charge in [0.2, 0.25) is 0 Å². The minimum Gasteiger partial charge on any atom is -0.250 e. The number of benzene rings is 1. The fourth-order valence-corrected chi connectivity index (χ4v) is 1.81. The lowest BCUT2D eigenvalue weighted by atomic mass is 10.2. The number of halogens is 1. The predicted octanol–water partition coefficient (Wildman–Crippen LogP) is 1.98. The van der Waals surface area contributed by atoms with E-state index in [1.54, 1.807) is 13.1 Å². The molecule has 1 aromatic carbocycles. The number of nitrogens with zero attached hydrogens (tertiary/aromatic N) is 3. The molecule has 0 aliphatic rings. The summed E-state index contributed by atoms with van der Waals surface area (Å²) in [6, 6.07) is 5.60. The first-order chi connectivity index (χ1) is 7.63. The standard InChI is InChI=1S/C11H10BrN3O/c1-3-8-6-9(4-5-10(8)12)15-7-13-14(2)11(15)16/h3-7H,1H2,2H3. The second kappa shape index (κ2) is 4.09. The predicted molar refractivity (Wildman–Crippen MR) is 66.6 cm³/mol. The quantitative estimate of drug-likeness (QED) is 0.843. The Morgan fingerprint density at radius 3 is 2.81 bits per heavy atom. The summed E-state index contributed by atoms with van der Waals surface area (Å²) in [6.07, 6.45) is 3.23. The van der Waals surface area contributed by atoms with Crippen LogP contribution >= 0.6 is 15.9 Å². The third-order valence-corrected chi connectivity index (χ3v) is 3.02. The van der Waals surface area contributed by atoms with Crippen molar-refractivity contribution in [3.63, 3.8) is 0 Å². The molecular formula is C11H10BrN3O. The molecule has 0 N–H and O–H groups in total. The van der Waals surface area contributed by atoms with Crippen molar-refractivity contribution in [3.05, 3.63) is 51.6 Å². The molecule has 0 amide bonds. The summed E-state index contributed by atoms with van der Waals surface area (Å²) in [5.74, 6) is 0. The van der Waals surface area contributed by atoms with Crippen molar-refractivity contribution >= 4 is 22.0 Å². The van der Waals surface area contributed by atoms with Gasteiger partial charge in [-0.25, -0.2) is 14.0 Å². The largest absolute Gasteiger partial charge is 0.350 e. The van der Waals surface area contributed by atoms with Crippen molar-refractivity contribution in [2.24, 2.45) is 7.05 Å². The maximum atomic E-state index is 11.7. The molecule has 0 saturated carbocycles. The number of hydrogen-bond donors (Lipinski definition) is 0. The van der Waals surface area contributed by atoms with E-state index in [1.807, 2.05) is 18.2 Å². The van der Waals surface area contributed by atoms with Gasteiger partial charge in [-0.05, 0) is 23.8 Å². The lowest BCUT2D eigenvalue weighted by Crippen LogP contribution is -2.21. The first-order valence-corrected chi connectivity index (χ1v) is 5.46. The molecule has 0 aliphatic carbocycles. The second-order valence-electron chi connectivity index (χ2n) is 3.32. The molecule has 0 saturated heterocycles. The molecule has 5 heteroatoms. The highest BCUT2D eigenvalue weighted by Gasteiger charge is 2.05. The number of aryl methyl sites for hydroxylation is 1. The first kappa shape index (κ1) is 10.9. The van der Waals surface area contributed by atoms with Crippen LogP contribution in [0.3, 0.4) is 0 Å². The van der Waals surface area contributed by atoms with E-state index in [4.69, 9.17) is 0 Å². The Kier molecular flexibility index (Phi) is 2.78. The van der Waals surface area contributed by atoms with Crippen molar-refractivity contribution < 1.29 is 0 Å². The van der Waals surface area contributed by atoms with E-state index in [0.717, 1.165) is 15.7 Å². The van der Waals surface area contributed by atoms with Crippen LogP contribution in [0.4, 0.5) is 0 Å². The Morgan fingerprint density at radius 2 is 2.25 bits per heavy atom. The fraction of sp³-hybridized carbons (Fsp3) is 0.0909. The molecule has 2 rings (SSSR count). The van der Waals surface area contributed by atoms with Gasteiger partial charge in [0.15, 0.2) is 0 Å². The minimum absolute atomic E-state index is 0.169. The normalized spacial score (nSPS) is 10.4. The Hall–Kier alpha value is -1.62. The van der Waals surface area contributed by atoms with E-state index >= 15 is 0 Å². The molecule has 0 atom stereocenters. The van der Waals surface area contributed by atoms with Gasteiger partial charge in [-0.2, -0.15) is 5.10 Å². The van der Waals surface area contributed by atoms with Crippen LogP contribution in [0.5, 0.6) is 0 Å². The summed E-state index contributed by atoms with van der Waals surface area (Å²) < 4.78 is 3.72. The molecule has 0 spiro atoms. The SMILES string of the molecule is C=Cc1cc(-n2cnn(C)c2=O)ccc1Br. The molecular weight excluding hydrogens is 270 g/mol. The van der Waals surface area contributed by atoms with Gasteiger partial charge in [0, 0.05) is 11.5 Å². The Morgan fingerprint density at radius 1 is 1.50 bits per heavy atom. The van der Waals surface area contributed by atoms with Gasteiger partial charge in [-0.3, -0.25) is 0 Å².